The molecule has 0 amide bonds. The Morgan fingerprint density at radius 2 is 1.79 bits per heavy atom. The second-order valence-electron chi connectivity index (χ2n) is 6.99. The maximum absolute atomic E-state index is 6.63. The van der Waals surface area contributed by atoms with Crippen molar-refractivity contribution in [1.82, 2.24) is 9.55 Å². The van der Waals surface area contributed by atoms with E-state index in [1.165, 1.54) is 52.7 Å². The van der Waals surface area contributed by atoms with Crippen molar-refractivity contribution in [3.05, 3.63) is 58.4 Å². The van der Waals surface area contributed by atoms with Crippen LogP contribution in [0.3, 0.4) is 0 Å². The van der Waals surface area contributed by atoms with Gasteiger partial charge in [0.2, 0.25) is 0 Å². The summed E-state index contributed by atoms with van der Waals surface area (Å²) in [6.45, 7) is 5.22. The second-order valence-corrected chi connectivity index (χ2v) is 6.99. The smallest absolute Gasteiger partial charge is 0.143 e. The number of pyridine rings is 1. The molecule has 0 aliphatic heterocycles. The number of fused-ring (bicyclic) bond motifs is 2. The normalized spacial score (nSPS) is 14.6. The van der Waals surface area contributed by atoms with Gasteiger partial charge in [-0.3, -0.25) is 0 Å². The highest BCUT2D eigenvalue weighted by molar-refractivity contribution is 5.95. The molecule has 1 aliphatic rings. The lowest BCUT2D eigenvalue weighted by Crippen LogP contribution is -2.06. The van der Waals surface area contributed by atoms with Crippen molar-refractivity contribution in [3.63, 3.8) is 0 Å². The average molecular weight is 319 g/mol. The monoisotopic (exact) mass is 319 g/mol. The number of benzene rings is 1. The minimum Gasteiger partial charge on any atom is -0.398 e. The summed E-state index contributed by atoms with van der Waals surface area (Å²) in [6, 6.07) is 10.6. The van der Waals surface area contributed by atoms with Gasteiger partial charge in [-0.1, -0.05) is 36.8 Å². The summed E-state index contributed by atoms with van der Waals surface area (Å²) in [5, 5.41) is 1.17. The molecule has 2 N–H and O–H groups in total. The Balaban J connectivity index is 1.93. The summed E-state index contributed by atoms with van der Waals surface area (Å²) >= 11 is 0. The molecule has 3 aromatic rings. The fourth-order valence-corrected chi connectivity index (χ4v) is 4.00. The molecular weight excluding hydrogens is 294 g/mol. The number of nitrogen functional groups attached to an aromatic ring is 1. The molecule has 3 heteroatoms. The summed E-state index contributed by atoms with van der Waals surface area (Å²) in [5.41, 5.74) is 15.0. The van der Waals surface area contributed by atoms with Gasteiger partial charge in [-0.15, -0.1) is 0 Å². The van der Waals surface area contributed by atoms with E-state index in [2.05, 4.69) is 48.7 Å². The van der Waals surface area contributed by atoms with Crippen LogP contribution in [0.1, 0.15) is 47.3 Å². The van der Waals surface area contributed by atoms with E-state index in [0.717, 1.165) is 30.7 Å². The molecule has 0 fully saturated rings. The lowest BCUT2D eigenvalue weighted by atomic mass is 10.0. The van der Waals surface area contributed by atoms with Gasteiger partial charge in [-0.05, 0) is 56.2 Å². The largest absolute Gasteiger partial charge is 0.398 e. The molecule has 4 rings (SSSR count). The third kappa shape index (κ3) is 2.39. The molecule has 24 heavy (non-hydrogen) atoms. The van der Waals surface area contributed by atoms with Crippen LogP contribution in [0.5, 0.6) is 0 Å². The van der Waals surface area contributed by atoms with E-state index in [4.69, 9.17) is 10.7 Å². The van der Waals surface area contributed by atoms with Crippen LogP contribution < -0.4 is 5.73 Å². The van der Waals surface area contributed by atoms with E-state index >= 15 is 0 Å². The van der Waals surface area contributed by atoms with Gasteiger partial charge in [-0.2, -0.15) is 0 Å². The van der Waals surface area contributed by atoms with Gasteiger partial charge in [0.15, 0.2) is 0 Å². The van der Waals surface area contributed by atoms with Crippen molar-refractivity contribution in [2.24, 2.45) is 0 Å². The Bertz CT molecular complexity index is 891. The molecule has 0 bridgehead atoms. The lowest BCUT2D eigenvalue weighted by Gasteiger charge is -2.12. The molecule has 2 heterocycles. The quantitative estimate of drug-likeness (QED) is 0.704. The number of rotatable bonds is 2. The zero-order valence-corrected chi connectivity index (χ0v) is 14.6. The van der Waals surface area contributed by atoms with Gasteiger partial charge in [0.25, 0.3) is 0 Å². The fraction of sp³-hybridized carbons (Fsp3) is 0.381. The van der Waals surface area contributed by atoms with Crippen LogP contribution in [-0.2, 0) is 19.4 Å². The summed E-state index contributed by atoms with van der Waals surface area (Å²) in [7, 11) is 0. The van der Waals surface area contributed by atoms with Crippen LogP contribution >= 0.6 is 0 Å². The summed E-state index contributed by atoms with van der Waals surface area (Å²) in [6.07, 6.45) is 5.87. The van der Waals surface area contributed by atoms with Crippen molar-refractivity contribution in [2.45, 2.75) is 52.5 Å². The summed E-state index contributed by atoms with van der Waals surface area (Å²) < 4.78 is 2.33. The SMILES string of the molecule is Cc1c(C)n(Cc2ccccc2)c2nc3c(c(N)c12)CCCCC3. The molecule has 124 valence electrons. The number of anilines is 1. The fourth-order valence-electron chi connectivity index (χ4n) is 4.00. The standard InChI is InChI=1S/C21H25N3/c1-14-15(2)24(13-16-9-5-3-6-10-16)21-19(14)20(22)17-11-7-4-8-12-18(17)23-21/h3,5-6,9-10H,4,7-8,11-13H2,1-2H3,(H2,22,23). The van der Waals surface area contributed by atoms with Crippen molar-refractivity contribution in [1.29, 1.82) is 0 Å². The molecule has 2 aromatic heterocycles. The molecule has 1 aliphatic carbocycles. The first-order chi connectivity index (χ1) is 11.7. The Morgan fingerprint density at radius 1 is 1.04 bits per heavy atom. The Labute approximate surface area is 143 Å². The third-order valence-corrected chi connectivity index (χ3v) is 5.51. The number of nitrogens with zero attached hydrogens (tertiary/aromatic N) is 2. The van der Waals surface area contributed by atoms with Crippen LogP contribution in [0.25, 0.3) is 11.0 Å². The topological polar surface area (TPSA) is 43.8 Å². The summed E-state index contributed by atoms with van der Waals surface area (Å²) in [4.78, 5) is 5.10. The third-order valence-electron chi connectivity index (χ3n) is 5.51. The lowest BCUT2D eigenvalue weighted by molar-refractivity contribution is 0.708. The first kappa shape index (κ1) is 15.3. The predicted molar refractivity (Wildman–Crippen MR) is 100 cm³/mol. The highest BCUT2D eigenvalue weighted by Crippen LogP contribution is 2.35. The van der Waals surface area contributed by atoms with E-state index in [1.54, 1.807) is 0 Å². The number of hydrogen-bond acceptors (Lipinski definition) is 2. The van der Waals surface area contributed by atoms with E-state index in [-0.39, 0.29) is 0 Å². The minimum atomic E-state index is 0.849. The molecular formula is C21H25N3. The van der Waals surface area contributed by atoms with Crippen LogP contribution in [0, 0.1) is 13.8 Å². The first-order valence-corrected chi connectivity index (χ1v) is 8.97. The maximum Gasteiger partial charge on any atom is 0.143 e. The second kappa shape index (κ2) is 5.97. The van der Waals surface area contributed by atoms with Gasteiger partial charge in [0.05, 0.1) is 0 Å². The predicted octanol–water partition coefficient (Wildman–Crippen LogP) is 4.55. The van der Waals surface area contributed by atoms with Crippen LogP contribution in [0.4, 0.5) is 5.69 Å². The van der Waals surface area contributed by atoms with Gasteiger partial charge in [0, 0.05) is 29.0 Å². The highest BCUT2D eigenvalue weighted by atomic mass is 15.1. The zero-order valence-electron chi connectivity index (χ0n) is 14.6. The van der Waals surface area contributed by atoms with Gasteiger partial charge in [-0.25, -0.2) is 4.98 Å². The number of aromatic nitrogens is 2. The first-order valence-electron chi connectivity index (χ1n) is 8.97. The molecule has 3 nitrogen and oxygen atoms in total. The number of nitrogens with two attached hydrogens (primary N) is 1. The van der Waals surface area contributed by atoms with Crippen molar-refractivity contribution < 1.29 is 0 Å². The Kier molecular flexibility index (Phi) is 3.79. The molecule has 0 saturated heterocycles. The van der Waals surface area contributed by atoms with Crippen LogP contribution in [-0.4, -0.2) is 9.55 Å². The highest BCUT2D eigenvalue weighted by Gasteiger charge is 2.21. The van der Waals surface area contributed by atoms with Crippen molar-refractivity contribution >= 4 is 16.7 Å². The summed E-state index contributed by atoms with van der Waals surface area (Å²) in [5.74, 6) is 0. The van der Waals surface area contributed by atoms with E-state index in [9.17, 15) is 0 Å². The molecule has 0 unspecified atom stereocenters. The molecule has 0 atom stereocenters. The maximum atomic E-state index is 6.63. The van der Waals surface area contributed by atoms with E-state index < -0.39 is 0 Å². The molecule has 0 spiro atoms. The van der Waals surface area contributed by atoms with Crippen LogP contribution in [0.2, 0.25) is 0 Å². The molecule has 1 aromatic carbocycles. The zero-order chi connectivity index (χ0) is 16.7. The Morgan fingerprint density at radius 3 is 2.58 bits per heavy atom. The average Bonchev–Trinajstić information content (AvgIpc) is 2.76. The van der Waals surface area contributed by atoms with Crippen LogP contribution in [0.15, 0.2) is 30.3 Å². The minimum absolute atomic E-state index is 0.849. The van der Waals surface area contributed by atoms with Gasteiger partial charge in [0.1, 0.15) is 5.65 Å². The molecule has 0 saturated carbocycles. The van der Waals surface area contributed by atoms with Crippen molar-refractivity contribution in [2.75, 3.05) is 5.73 Å². The number of hydrogen-bond donors (Lipinski definition) is 1. The molecule has 0 radical (unpaired) electrons. The van der Waals surface area contributed by atoms with E-state index in [0.29, 0.717) is 0 Å². The van der Waals surface area contributed by atoms with Gasteiger partial charge < -0.3 is 10.3 Å². The number of aryl methyl sites for hydroxylation is 2. The van der Waals surface area contributed by atoms with E-state index in [1.807, 2.05) is 0 Å². The Hall–Kier alpha value is -2.29. The van der Waals surface area contributed by atoms with Gasteiger partial charge >= 0.3 is 0 Å². The van der Waals surface area contributed by atoms with Crippen molar-refractivity contribution in [3.8, 4) is 0 Å².